The minimum Gasteiger partial charge on any atom is -0.298 e. The Labute approximate surface area is 104 Å². The summed E-state index contributed by atoms with van der Waals surface area (Å²) in [5.41, 5.74) is 2.88. The number of carbonyl (C=O) groups excluding carboxylic acids is 1. The third kappa shape index (κ3) is 2.19. The van der Waals surface area contributed by atoms with Gasteiger partial charge in [0.05, 0.1) is 11.3 Å². The Morgan fingerprint density at radius 3 is 2.53 bits per heavy atom. The van der Waals surface area contributed by atoms with Gasteiger partial charge in [0.25, 0.3) is 0 Å². The fourth-order valence-electron chi connectivity index (χ4n) is 1.70. The van der Waals surface area contributed by atoms with Crippen LogP contribution in [0.25, 0.3) is 11.3 Å². The molecular formula is C13H11ClN2O. The molecule has 0 N–H and O–H groups in total. The van der Waals surface area contributed by atoms with Gasteiger partial charge in [-0.3, -0.25) is 4.79 Å². The van der Waals surface area contributed by atoms with E-state index in [4.69, 9.17) is 11.6 Å². The predicted molar refractivity (Wildman–Crippen MR) is 67.3 cm³/mol. The molecule has 3 nitrogen and oxygen atoms in total. The lowest BCUT2D eigenvalue weighted by molar-refractivity contribution is 0.112. The highest BCUT2D eigenvalue weighted by Crippen LogP contribution is 2.27. The second-order valence-corrected chi connectivity index (χ2v) is 4.11. The second kappa shape index (κ2) is 4.63. The Bertz CT molecular complexity index is 582. The summed E-state index contributed by atoms with van der Waals surface area (Å²) in [5, 5.41) is 0.200. The van der Waals surface area contributed by atoms with Gasteiger partial charge in [-0.25, -0.2) is 9.97 Å². The van der Waals surface area contributed by atoms with Crippen molar-refractivity contribution in [1.29, 1.82) is 0 Å². The first-order valence-corrected chi connectivity index (χ1v) is 5.56. The van der Waals surface area contributed by atoms with Crippen LogP contribution in [0.5, 0.6) is 0 Å². The first-order valence-electron chi connectivity index (χ1n) is 5.19. The van der Waals surface area contributed by atoms with Gasteiger partial charge in [-0.15, -0.1) is 0 Å². The summed E-state index contributed by atoms with van der Waals surface area (Å²) in [6.07, 6.45) is 0.698. The Balaban J connectivity index is 2.75. The third-order valence-electron chi connectivity index (χ3n) is 2.53. The van der Waals surface area contributed by atoms with E-state index in [9.17, 15) is 4.79 Å². The molecule has 0 fully saturated rings. The molecule has 1 aromatic heterocycles. The summed E-state index contributed by atoms with van der Waals surface area (Å²) in [4.78, 5) is 19.4. The number of hydrogen-bond donors (Lipinski definition) is 0. The Morgan fingerprint density at radius 2 is 1.88 bits per heavy atom. The molecule has 2 aromatic rings. The van der Waals surface area contributed by atoms with Gasteiger partial charge in [0.2, 0.25) is 0 Å². The number of halogens is 1. The molecule has 0 saturated heterocycles. The average molecular weight is 247 g/mol. The molecule has 1 heterocycles. The highest BCUT2D eigenvalue weighted by atomic mass is 35.5. The van der Waals surface area contributed by atoms with Crippen molar-refractivity contribution in [1.82, 2.24) is 9.97 Å². The van der Waals surface area contributed by atoms with Crippen LogP contribution in [0.3, 0.4) is 0 Å². The lowest BCUT2D eigenvalue weighted by atomic mass is 10.0. The molecule has 0 bridgehead atoms. The van der Waals surface area contributed by atoms with E-state index in [1.54, 1.807) is 6.92 Å². The number of rotatable bonds is 2. The molecule has 0 unspecified atom stereocenters. The summed E-state index contributed by atoms with van der Waals surface area (Å²) in [5.74, 6) is 0.554. The van der Waals surface area contributed by atoms with E-state index in [1.165, 1.54) is 0 Å². The number of carbonyl (C=O) groups is 1. The van der Waals surface area contributed by atoms with E-state index in [2.05, 4.69) is 9.97 Å². The van der Waals surface area contributed by atoms with Gasteiger partial charge < -0.3 is 0 Å². The van der Waals surface area contributed by atoms with Crippen molar-refractivity contribution in [3.05, 3.63) is 46.4 Å². The standard InChI is InChI=1S/C13H11ClN2O/c1-8-5-3-4-6-10(8)12-11(7-17)13(14)16-9(2)15-12/h3-7H,1-2H3. The van der Waals surface area contributed by atoms with Gasteiger partial charge in [0, 0.05) is 5.56 Å². The van der Waals surface area contributed by atoms with Crippen molar-refractivity contribution in [2.45, 2.75) is 13.8 Å². The van der Waals surface area contributed by atoms with Crippen molar-refractivity contribution in [2.24, 2.45) is 0 Å². The minimum absolute atomic E-state index is 0.200. The number of hydrogen-bond acceptors (Lipinski definition) is 3. The van der Waals surface area contributed by atoms with Crippen LogP contribution in [-0.4, -0.2) is 16.3 Å². The summed E-state index contributed by atoms with van der Waals surface area (Å²) in [7, 11) is 0. The highest BCUT2D eigenvalue weighted by Gasteiger charge is 2.13. The quantitative estimate of drug-likeness (QED) is 0.604. The zero-order chi connectivity index (χ0) is 12.4. The maximum atomic E-state index is 11.1. The monoisotopic (exact) mass is 246 g/mol. The van der Waals surface area contributed by atoms with Gasteiger partial charge in [-0.05, 0) is 19.4 Å². The van der Waals surface area contributed by atoms with Crippen LogP contribution in [0.1, 0.15) is 21.7 Å². The van der Waals surface area contributed by atoms with Crippen LogP contribution in [0.15, 0.2) is 24.3 Å². The largest absolute Gasteiger partial charge is 0.298 e. The number of aromatic nitrogens is 2. The van der Waals surface area contributed by atoms with Crippen LogP contribution in [-0.2, 0) is 0 Å². The molecule has 0 spiro atoms. The molecular weight excluding hydrogens is 236 g/mol. The van der Waals surface area contributed by atoms with Crippen LogP contribution in [0.4, 0.5) is 0 Å². The average Bonchev–Trinajstić information content (AvgIpc) is 2.28. The molecule has 1 aromatic carbocycles. The van der Waals surface area contributed by atoms with Crippen molar-refractivity contribution < 1.29 is 4.79 Å². The van der Waals surface area contributed by atoms with Crippen molar-refractivity contribution in [3.8, 4) is 11.3 Å². The normalized spacial score (nSPS) is 10.3. The Kier molecular flexibility index (Phi) is 3.20. The topological polar surface area (TPSA) is 42.9 Å². The smallest absolute Gasteiger partial charge is 0.155 e. The number of aldehydes is 1. The maximum absolute atomic E-state index is 11.1. The molecule has 4 heteroatoms. The van der Waals surface area contributed by atoms with Crippen LogP contribution < -0.4 is 0 Å². The summed E-state index contributed by atoms with van der Waals surface area (Å²) >= 11 is 5.95. The molecule has 0 aliphatic heterocycles. The summed E-state index contributed by atoms with van der Waals surface area (Å²) in [6.45, 7) is 3.72. The summed E-state index contributed by atoms with van der Waals surface area (Å²) < 4.78 is 0. The maximum Gasteiger partial charge on any atom is 0.155 e. The minimum atomic E-state index is 0.200. The lowest BCUT2D eigenvalue weighted by Crippen LogP contribution is -2.00. The van der Waals surface area contributed by atoms with Gasteiger partial charge in [0.15, 0.2) is 6.29 Å². The molecule has 86 valence electrons. The molecule has 0 radical (unpaired) electrons. The molecule has 17 heavy (non-hydrogen) atoms. The van der Waals surface area contributed by atoms with Crippen molar-refractivity contribution in [3.63, 3.8) is 0 Å². The fraction of sp³-hybridized carbons (Fsp3) is 0.154. The van der Waals surface area contributed by atoms with Gasteiger partial charge >= 0.3 is 0 Å². The lowest BCUT2D eigenvalue weighted by Gasteiger charge is -2.09. The number of aryl methyl sites for hydroxylation is 2. The SMILES string of the molecule is Cc1nc(Cl)c(C=O)c(-c2ccccc2C)n1. The van der Waals surface area contributed by atoms with Crippen LogP contribution in [0.2, 0.25) is 5.15 Å². The zero-order valence-electron chi connectivity index (χ0n) is 9.57. The van der Waals surface area contributed by atoms with E-state index in [1.807, 2.05) is 31.2 Å². The first-order chi connectivity index (χ1) is 8.13. The predicted octanol–water partition coefficient (Wildman–Crippen LogP) is 3.23. The van der Waals surface area contributed by atoms with Gasteiger partial charge in [-0.1, -0.05) is 35.9 Å². The Morgan fingerprint density at radius 1 is 1.18 bits per heavy atom. The van der Waals surface area contributed by atoms with Crippen LogP contribution in [0, 0.1) is 13.8 Å². The summed E-state index contributed by atoms with van der Waals surface area (Å²) in [6, 6.07) is 7.73. The fourth-order valence-corrected chi connectivity index (χ4v) is 1.95. The van der Waals surface area contributed by atoms with E-state index in [-0.39, 0.29) is 5.15 Å². The van der Waals surface area contributed by atoms with Gasteiger partial charge in [0.1, 0.15) is 11.0 Å². The third-order valence-corrected chi connectivity index (χ3v) is 2.82. The van der Waals surface area contributed by atoms with Gasteiger partial charge in [-0.2, -0.15) is 0 Å². The van der Waals surface area contributed by atoms with E-state index in [0.717, 1.165) is 11.1 Å². The van der Waals surface area contributed by atoms with E-state index < -0.39 is 0 Å². The highest BCUT2D eigenvalue weighted by molar-refractivity contribution is 6.32. The van der Waals surface area contributed by atoms with E-state index >= 15 is 0 Å². The Hall–Kier alpha value is -1.74. The number of benzene rings is 1. The molecule has 0 amide bonds. The zero-order valence-corrected chi connectivity index (χ0v) is 10.3. The molecule has 0 atom stereocenters. The molecule has 2 rings (SSSR count). The van der Waals surface area contributed by atoms with Crippen molar-refractivity contribution >= 4 is 17.9 Å². The first kappa shape index (κ1) is 11.7. The second-order valence-electron chi connectivity index (χ2n) is 3.76. The van der Waals surface area contributed by atoms with E-state index in [0.29, 0.717) is 23.4 Å². The number of nitrogens with zero attached hydrogens (tertiary/aromatic N) is 2. The molecule has 0 aliphatic rings. The molecule has 0 saturated carbocycles. The molecule has 0 aliphatic carbocycles. The van der Waals surface area contributed by atoms with Crippen molar-refractivity contribution in [2.75, 3.05) is 0 Å². The van der Waals surface area contributed by atoms with Crippen LogP contribution >= 0.6 is 11.6 Å².